The Bertz CT molecular complexity index is 592. The van der Waals surface area contributed by atoms with E-state index in [1.165, 1.54) is 0 Å². The van der Waals surface area contributed by atoms with Crippen LogP contribution in [0.2, 0.25) is 0 Å². The second kappa shape index (κ2) is 6.28. The highest BCUT2D eigenvalue weighted by atomic mass is 32.2. The molecule has 0 radical (unpaired) electrons. The molecule has 0 bridgehead atoms. The Morgan fingerprint density at radius 2 is 1.73 bits per heavy atom. The highest BCUT2D eigenvalue weighted by Crippen LogP contribution is 2.38. The summed E-state index contributed by atoms with van der Waals surface area (Å²) in [6.45, 7) is 3.46. The minimum atomic E-state index is -3.67. The normalized spacial score (nSPS) is 22.2. The second-order valence-electron chi connectivity index (χ2n) is 6.10. The van der Waals surface area contributed by atoms with Gasteiger partial charge in [-0.1, -0.05) is 17.7 Å². The summed E-state index contributed by atoms with van der Waals surface area (Å²) < 4.78 is 40.9. The third-order valence-corrected chi connectivity index (χ3v) is 5.74. The molecular formula is C16H22O5S. The minimum absolute atomic E-state index is 0.216. The molecule has 6 heteroatoms. The monoisotopic (exact) mass is 326 g/mol. The van der Waals surface area contributed by atoms with Gasteiger partial charge < -0.3 is 9.47 Å². The van der Waals surface area contributed by atoms with Gasteiger partial charge in [0.05, 0.1) is 24.7 Å². The lowest BCUT2D eigenvalue weighted by Gasteiger charge is -2.35. The molecule has 1 spiro atoms. The van der Waals surface area contributed by atoms with E-state index in [0.717, 1.165) is 31.2 Å². The van der Waals surface area contributed by atoms with Gasteiger partial charge in [0, 0.05) is 12.8 Å². The molecular weight excluding hydrogens is 304 g/mol. The van der Waals surface area contributed by atoms with Crippen LogP contribution in [0.1, 0.15) is 31.2 Å². The number of aryl methyl sites for hydroxylation is 1. The second-order valence-corrected chi connectivity index (χ2v) is 7.72. The number of hydrogen-bond acceptors (Lipinski definition) is 5. The van der Waals surface area contributed by atoms with Crippen LogP contribution in [0.5, 0.6) is 0 Å². The van der Waals surface area contributed by atoms with Crippen LogP contribution in [0.25, 0.3) is 0 Å². The summed E-state index contributed by atoms with van der Waals surface area (Å²) in [6, 6.07) is 6.71. The van der Waals surface area contributed by atoms with Crippen molar-refractivity contribution in [2.75, 3.05) is 19.8 Å². The van der Waals surface area contributed by atoms with Gasteiger partial charge in [0.2, 0.25) is 0 Å². The molecule has 1 heterocycles. The van der Waals surface area contributed by atoms with Crippen molar-refractivity contribution in [1.82, 2.24) is 0 Å². The number of benzene rings is 1. The maximum absolute atomic E-state index is 12.2. The standard InChI is InChI=1S/C16H22O5S/c1-13-2-4-15(5-3-13)22(17,18)21-12-14-6-8-16(9-7-14)19-10-11-20-16/h2-5,14H,6-12H2,1H3. The fourth-order valence-electron chi connectivity index (χ4n) is 3.03. The summed E-state index contributed by atoms with van der Waals surface area (Å²) in [5, 5.41) is 0. The van der Waals surface area contributed by atoms with Crippen LogP contribution in [0.3, 0.4) is 0 Å². The number of ether oxygens (including phenoxy) is 2. The first-order valence-electron chi connectivity index (χ1n) is 7.73. The molecule has 1 aliphatic carbocycles. The highest BCUT2D eigenvalue weighted by molar-refractivity contribution is 7.86. The molecule has 5 nitrogen and oxygen atoms in total. The first-order valence-corrected chi connectivity index (χ1v) is 9.14. The average Bonchev–Trinajstić information content (AvgIpc) is 2.96. The van der Waals surface area contributed by atoms with Gasteiger partial charge in [-0.05, 0) is 37.8 Å². The lowest BCUT2D eigenvalue weighted by atomic mass is 9.86. The Morgan fingerprint density at radius 3 is 2.32 bits per heavy atom. The van der Waals surface area contributed by atoms with Gasteiger partial charge in [0.25, 0.3) is 10.1 Å². The summed E-state index contributed by atoms with van der Waals surface area (Å²) >= 11 is 0. The van der Waals surface area contributed by atoms with Crippen molar-refractivity contribution in [2.45, 2.75) is 43.3 Å². The SMILES string of the molecule is Cc1ccc(S(=O)(=O)OCC2CCC3(CC2)OCCO3)cc1. The average molecular weight is 326 g/mol. The van der Waals surface area contributed by atoms with Crippen LogP contribution in [0.15, 0.2) is 29.2 Å². The van der Waals surface area contributed by atoms with E-state index in [1.54, 1.807) is 24.3 Å². The van der Waals surface area contributed by atoms with Gasteiger partial charge in [0.1, 0.15) is 0 Å². The predicted octanol–water partition coefficient (Wildman–Crippen LogP) is 2.63. The first kappa shape index (κ1) is 15.9. The minimum Gasteiger partial charge on any atom is -0.348 e. The molecule has 1 aliphatic heterocycles. The van der Waals surface area contributed by atoms with Gasteiger partial charge >= 0.3 is 0 Å². The van der Waals surface area contributed by atoms with E-state index in [4.69, 9.17) is 13.7 Å². The molecule has 1 saturated heterocycles. The van der Waals surface area contributed by atoms with Gasteiger partial charge in [-0.15, -0.1) is 0 Å². The van der Waals surface area contributed by atoms with E-state index in [1.807, 2.05) is 6.92 Å². The van der Waals surface area contributed by atoms with Crippen molar-refractivity contribution in [2.24, 2.45) is 5.92 Å². The molecule has 2 aliphatic rings. The summed E-state index contributed by atoms with van der Waals surface area (Å²) in [5.41, 5.74) is 1.02. The summed E-state index contributed by atoms with van der Waals surface area (Å²) in [6.07, 6.45) is 3.35. The molecule has 0 N–H and O–H groups in total. The zero-order valence-electron chi connectivity index (χ0n) is 12.8. The number of rotatable bonds is 4. The molecule has 1 saturated carbocycles. The van der Waals surface area contributed by atoms with E-state index < -0.39 is 15.9 Å². The Morgan fingerprint density at radius 1 is 1.14 bits per heavy atom. The van der Waals surface area contributed by atoms with E-state index in [0.29, 0.717) is 13.2 Å². The van der Waals surface area contributed by atoms with Gasteiger partial charge in [-0.3, -0.25) is 4.18 Å². The third kappa shape index (κ3) is 3.51. The van der Waals surface area contributed by atoms with Crippen LogP contribution in [0, 0.1) is 12.8 Å². The van der Waals surface area contributed by atoms with E-state index in [-0.39, 0.29) is 17.4 Å². The summed E-state index contributed by atoms with van der Waals surface area (Å²) in [4.78, 5) is 0.216. The topological polar surface area (TPSA) is 61.8 Å². The molecule has 0 amide bonds. The predicted molar refractivity (Wildman–Crippen MR) is 80.9 cm³/mol. The maximum atomic E-state index is 12.2. The quantitative estimate of drug-likeness (QED) is 0.796. The molecule has 0 aromatic heterocycles. The van der Waals surface area contributed by atoms with Crippen LogP contribution < -0.4 is 0 Å². The fourth-order valence-corrected chi connectivity index (χ4v) is 4.01. The van der Waals surface area contributed by atoms with Crippen molar-refractivity contribution >= 4 is 10.1 Å². The zero-order chi connectivity index (χ0) is 15.6. The molecule has 2 fully saturated rings. The fraction of sp³-hybridized carbons (Fsp3) is 0.625. The van der Waals surface area contributed by atoms with Crippen LogP contribution >= 0.6 is 0 Å². The van der Waals surface area contributed by atoms with Gasteiger partial charge in [-0.2, -0.15) is 8.42 Å². The summed E-state index contributed by atoms with van der Waals surface area (Å²) in [7, 11) is -3.67. The first-order chi connectivity index (χ1) is 10.5. The van der Waals surface area contributed by atoms with Gasteiger partial charge in [0.15, 0.2) is 5.79 Å². The van der Waals surface area contributed by atoms with Gasteiger partial charge in [-0.25, -0.2) is 0 Å². The maximum Gasteiger partial charge on any atom is 0.296 e. The Labute approximate surface area is 131 Å². The smallest absolute Gasteiger partial charge is 0.296 e. The Balaban J connectivity index is 1.53. The van der Waals surface area contributed by atoms with Crippen molar-refractivity contribution in [3.8, 4) is 0 Å². The van der Waals surface area contributed by atoms with Crippen molar-refractivity contribution in [1.29, 1.82) is 0 Å². The lowest BCUT2D eigenvalue weighted by Crippen LogP contribution is -2.36. The van der Waals surface area contributed by atoms with Crippen molar-refractivity contribution in [3.63, 3.8) is 0 Å². The van der Waals surface area contributed by atoms with E-state index >= 15 is 0 Å². The van der Waals surface area contributed by atoms with E-state index in [9.17, 15) is 8.42 Å². The van der Waals surface area contributed by atoms with Crippen molar-refractivity contribution < 1.29 is 22.1 Å². The van der Waals surface area contributed by atoms with Crippen molar-refractivity contribution in [3.05, 3.63) is 29.8 Å². The molecule has 0 unspecified atom stereocenters. The molecule has 22 heavy (non-hydrogen) atoms. The number of hydrogen-bond donors (Lipinski definition) is 0. The van der Waals surface area contributed by atoms with Crippen LogP contribution in [0.4, 0.5) is 0 Å². The summed E-state index contributed by atoms with van der Waals surface area (Å²) in [5.74, 6) is -0.176. The Hall–Kier alpha value is -0.950. The van der Waals surface area contributed by atoms with Crippen LogP contribution in [-0.4, -0.2) is 34.0 Å². The van der Waals surface area contributed by atoms with Crippen LogP contribution in [-0.2, 0) is 23.8 Å². The lowest BCUT2D eigenvalue weighted by molar-refractivity contribution is -0.183. The highest BCUT2D eigenvalue weighted by Gasteiger charge is 2.40. The Kier molecular flexibility index (Phi) is 4.54. The molecule has 3 rings (SSSR count). The van der Waals surface area contributed by atoms with E-state index in [2.05, 4.69) is 0 Å². The largest absolute Gasteiger partial charge is 0.348 e. The molecule has 122 valence electrons. The molecule has 0 atom stereocenters. The zero-order valence-corrected chi connectivity index (χ0v) is 13.6. The molecule has 1 aromatic rings. The molecule has 1 aromatic carbocycles. The third-order valence-electron chi connectivity index (χ3n) is 4.45.